The standard InChI is InChI=1S/C22H38O3/c1-15(8-11-20(25-5)22(13-14-22)16(2)24-4)17-9-10-18-19(23)7-6-12-21(17,18)3/h8,11,15-20,23H,6-7,9-10,12-14H2,1-5H3/b11-8+. The average molecular weight is 351 g/mol. The Labute approximate surface area is 154 Å². The molecule has 0 aliphatic heterocycles. The Morgan fingerprint density at radius 2 is 1.72 bits per heavy atom. The minimum atomic E-state index is -0.0797. The molecule has 3 aliphatic carbocycles. The zero-order valence-corrected chi connectivity index (χ0v) is 16.8. The highest BCUT2D eigenvalue weighted by atomic mass is 16.5. The molecule has 0 aromatic heterocycles. The number of hydrogen-bond acceptors (Lipinski definition) is 3. The van der Waals surface area contributed by atoms with Crippen LogP contribution in [-0.2, 0) is 9.47 Å². The van der Waals surface area contributed by atoms with Crippen LogP contribution in [0.1, 0.15) is 65.7 Å². The van der Waals surface area contributed by atoms with Gasteiger partial charge in [-0.1, -0.05) is 32.4 Å². The van der Waals surface area contributed by atoms with Gasteiger partial charge in [-0.15, -0.1) is 0 Å². The number of rotatable bonds is 7. The third-order valence-electron chi connectivity index (χ3n) is 8.20. The van der Waals surface area contributed by atoms with Crippen molar-refractivity contribution >= 4 is 0 Å². The molecule has 0 aromatic carbocycles. The van der Waals surface area contributed by atoms with Crippen LogP contribution in [0.3, 0.4) is 0 Å². The summed E-state index contributed by atoms with van der Waals surface area (Å²) in [5, 5.41) is 10.5. The summed E-state index contributed by atoms with van der Waals surface area (Å²) in [7, 11) is 3.63. The number of aliphatic hydroxyl groups is 1. The number of hydrogen-bond donors (Lipinski definition) is 1. The Hall–Kier alpha value is -0.380. The van der Waals surface area contributed by atoms with E-state index in [0.717, 1.165) is 6.42 Å². The second-order valence-electron chi connectivity index (χ2n) is 9.27. The quantitative estimate of drug-likeness (QED) is 0.683. The van der Waals surface area contributed by atoms with Crippen LogP contribution in [0.25, 0.3) is 0 Å². The summed E-state index contributed by atoms with van der Waals surface area (Å²) in [6.07, 6.45) is 13.3. The van der Waals surface area contributed by atoms with Crippen molar-refractivity contribution in [2.24, 2.45) is 28.6 Å². The van der Waals surface area contributed by atoms with E-state index < -0.39 is 0 Å². The summed E-state index contributed by atoms with van der Waals surface area (Å²) >= 11 is 0. The Morgan fingerprint density at radius 3 is 2.32 bits per heavy atom. The van der Waals surface area contributed by atoms with Crippen molar-refractivity contribution in [2.45, 2.75) is 84.0 Å². The van der Waals surface area contributed by atoms with Crippen molar-refractivity contribution in [3.63, 3.8) is 0 Å². The fourth-order valence-corrected chi connectivity index (χ4v) is 6.27. The van der Waals surface area contributed by atoms with Crippen LogP contribution in [0.2, 0.25) is 0 Å². The number of methoxy groups -OCH3 is 2. The molecule has 3 aliphatic rings. The number of allylic oxidation sites excluding steroid dienone is 1. The zero-order chi connectivity index (χ0) is 18.2. The molecule has 0 saturated heterocycles. The van der Waals surface area contributed by atoms with E-state index in [0.29, 0.717) is 23.2 Å². The molecule has 144 valence electrons. The summed E-state index contributed by atoms with van der Waals surface area (Å²) < 4.78 is 11.5. The SMILES string of the molecule is COC(C)C1(C(/C=C/C(C)C2CCC3C(O)CCCC23C)OC)CC1. The Balaban J connectivity index is 1.69. The molecular formula is C22H38O3. The molecular weight excluding hydrogens is 312 g/mol. The van der Waals surface area contributed by atoms with E-state index in [9.17, 15) is 5.11 Å². The van der Waals surface area contributed by atoms with Gasteiger partial charge in [-0.25, -0.2) is 0 Å². The van der Waals surface area contributed by atoms with E-state index in [2.05, 4.69) is 32.9 Å². The van der Waals surface area contributed by atoms with Crippen LogP contribution in [0.4, 0.5) is 0 Å². The first-order chi connectivity index (χ1) is 11.9. The summed E-state index contributed by atoms with van der Waals surface area (Å²) in [4.78, 5) is 0. The molecule has 0 spiro atoms. The monoisotopic (exact) mass is 350 g/mol. The van der Waals surface area contributed by atoms with Crippen molar-refractivity contribution in [2.75, 3.05) is 14.2 Å². The van der Waals surface area contributed by atoms with E-state index in [1.807, 2.05) is 7.11 Å². The minimum absolute atomic E-state index is 0.0797. The second-order valence-corrected chi connectivity index (χ2v) is 9.27. The summed E-state index contributed by atoms with van der Waals surface area (Å²) in [5.74, 6) is 1.71. The first-order valence-corrected chi connectivity index (χ1v) is 10.3. The molecule has 3 rings (SSSR count). The van der Waals surface area contributed by atoms with Gasteiger partial charge in [0.1, 0.15) is 0 Å². The highest BCUT2D eigenvalue weighted by Gasteiger charge is 2.54. The third kappa shape index (κ3) is 3.33. The Bertz CT molecular complexity index is 484. The van der Waals surface area contributed by atoms with Crippen molar-refractivity contribution in [3.05, 3.63) is 12.2 Å². The normalized spacial score (nSPS) is 40.6. The topological polar surface area (TPSA) is 38.7 Å². The van der Waals surface area contributed by atoms with Crippen LogP contribution in [0.15, 0.2) is 12.2 Å². The first-order valence-electron chi connectivity index (χ1n) is 10.3. The van der Waals surface area contributed by atoms with E-state index in [-0.39, 0.29) is 23.7 Å². The van der Waals surface area contributed by atoms with E-state index in [4.69, 9.17) is 9.47 Å². The van der Waals surface area contributed by atoms with Crippen molar-refractivity contribution in [1.29, 1.82) is 0 Å². The molecule has 3 heteroatoms. The van der Waals surface area contributed by atoms with E-state index >= 15 is 0 Å². The molecule has 3 fully saturated rings. The predicted octanol–water partition coefficient (Wildman–Crippen LogP) is 4.59. The lowest BCUT2D eigenvalue weighted by atomic mass is 9.62. The van der Waals surface area contributed by atoms with Gasteiger partial charge >= 0.3 is 0 Å². The third-order valence-corrected chi connectivity index (χ3v) is 8.20. The Kier molecular flexibility index (Phi) is 5.68. The van der Waals surface area contributed by atoms with E-state index in [1.165, 1.54) is 38.5 Å². The highest BCUT2D eigenvalue weighted by molar-refractivity contribution is 5.13. The molecule has 0 amide bonds. The van der Waals surface area contributed by atoms with Crippen LogP contribution in [-0.4, -0.2) is 37.6 Å². The maximum atomic E-state index is 10.5. The molecule has 25 heavy (non-hydrogen) atoms. The van der Waals surface area contributed by atoms with E-state index in [1.54, 1.807) is 7.11 Å². The predicted molar refractivity (Wildman–Crippen MR) is 101 cm³/mol. The second kappa shape index (κ2) is 7.32. The highest BCUT2D eigenvalue weighted by Crippen LogP contribution is 2.58. The van der Waals surface area contributed by atoms with Gasteiger partial charge in [0.05, 0.1) is 18.3 Å². The smallest absolute Gasteiger partial charge is 0.0833 e. The molecule has 0 aromatic rings. The number of fused-ring (bicyclic) bond motifs is 1. The van der Waals surface area contributed by atoms with Crippen LogP contribution >= 0.6 is 0 Å². The van der Waals surface area contributed by atoms with Crippen LogP contribution in [0, 0.1) is 28.6 Å². The van der Waals surface area contributed by atoms with Crippen molar-refractivity contribution < 1.29 is 14.6 Å². The van der Waals surface area contributed by atoms with Gasteiger partial charge in [-0.3, -0.25) is 0 Å². The van der Waals surface area contributed by atoms with Crippen molar-refractivity contribution in [1.82, 2.24) is 0 Å². The molecule has 3 saturated carbocycles. The van der Waals surface area contributed by atoms with Gasteiger partial charge < -0.3 is 14.6 Å². The maximum absolute atomic E-state index is 10.5. The fraction of sp³-hybridized carbons (Fsp3) is 0.909. The number of aliphatic hydroxyl groups excluding tert-OH is 1. The fourth-order valence-electron chi connectivity index (χ4n) is 6.27. The van der Waals surface area contributed by atoms with Gasteiger partial charge in [0.2, 0.25) is 0 Å². The molecule has 1 N–H and O–H groups in total. The largest absolute Gasteiger partial charge is 0.393 e. The van der Waals surface area contributed by atoms with Crippen LogP contribution in [0.5, 0.6) is 0 Å². The van der Waals surface area contributed by atoms with Crippen LogP contribution < -0.4 is 0 Å². The summed E-state index contributed by atoms with van der Waals surface area (Å²) in [6.45, 7) is 6.97. The molecule has 7 atom stereocenters. The van der Waals surface area contributed by atoms with Gasteiger partial charge in [0.15, 0.2) is 0 Å². The molecule has 3 nitrogen and oxygen atoms in total. The van der Waals surface area contributed by atoms with Gasteiger partial charge in [-0.05, 0) is 68.6 Å². The summed E-state index contributed by atoms with van der Waals surface area (Å²) in [5.41, 5.74) is 0.476. The zero-order valence-electron chi connectivity index (χ0n) is 16.8. The van der Waals surface area contributed by atoms with Gasteiger partial charge in [0.25, 0.3) is 0 Å². The molecule has 0 heterocycles. The lowest BCUT2D eigenvalue weighted by Gasteiger charge is -2.44. The average Bonchev–Trinajstić information content (AvgIpc) is 3.31. The molecule has 7 unspecified atom stereocenters. The number of ether oxygens (including phenoxy) is 2. The lowest BCUT2D eigenvalue weighted by Crippen LogP contribution is -2.41. The minimum Gasteiger partial charge on any atom is -0.393 e. The molecule has 0 bridgehead atoms. The maximum Gasteiger partial charge on any atom is 0.0833 e. The van der Waals surface area contributed by atoms with Gasteiger partial charge in [-0.2, -0.15) is 0 Å². The Morgan fingerprint density at radius 1 is 1.00 bits per heavy atom. The first kappa shape index (κ1) is 19.4. The summed E-state index contributed by atoms with van der Waals surface area (Å²) in [6, 6.07) is 0. The molecule has 0 radical (unpaired) electrons. The van der Waals surface area contributed by atoms with Gasteiger partial charge in [0, 0.05) is 19.6 Å². The lowest BCUT2D eigenvalue weighted by molar-refractivity contribution is -0.0249. The van der Waals surface area contributed by atoms with Crippen molar-refractivity contribution in [3.8, 4) is 0 Å².